The van der Waals surface area contributed by atoms with E-state index in [-0.39, 0.29) is 47.5 Å². The van der Waals surface area contributed by atoms with E-state index in [9.17, 15) is 24.8 Å². The highest BCUT2D eigenvalue weighted by atomic mass is 32.2. The summed E-state index contributed by atoms with van der Waals surface area (Å²) in [5, 5.41) is 26.9. The van der Waals surface area contributed by atoms with E-state index in [1.165, 1.54) is 35.7 Å². The minimum atomic E-state index is -0.564. The number of fused-ring (bicyclic) bond motifs is 2. The number of amides is 2. The Morgan fingerprint density at radius 3 is 1.78 bits per heavy atom. The molecule has 1 aromatic carbocycles. The number of thioether (sulfide) groups is 3. The number of carbonyl (C=O) groups excluding carboxylic acids is 2. The Morgan fingerprint density at radius 1 is 0.889 bits per heavy atom. The SMILES string of the molecule is O=C1CSCCSCCSCC(=O)NCc2cc([N+](=O)[O-])cc(c2O)CN1. The number of nitro benzene ring substituents is 1. The first-order valence-corrected chi connectivity index (χ1v) is 11.7. The lowest BCUT2D eigenvalue weighted by Gasteiger charge is -2.12. The second kappa shape index (κ2) is 11.3. The summed E-state index contributed by atoms with van der Waals surface area (Å²) in [6, 6.07) is 2.47. The summed E-state index contributed by atoms with van der Waals surface area (Å²) in [6.07, 6.45) is 0. The highest BCUT2D eigenvalue weighted by Crippen LogP contribution is 2.28. The van der Waals surface area contributed by atoms with Gasteiger partial charge < -0.3 is 15.7 Å². The fraction of sp³-hybridized carbons (Fsp3) is 0.500. The summed E-state index contributed by atoms with van der Waals surface area (Å²) < 4.78 is 0. The molecule has 0 spiro atoms. The second-order valence-corrected chi connectivity index (χ2v) is 9.08. The van der Waals surface area contributed by atoms with Gasteiger partial charge in [-0.05, 0) is 0 Å². The van der Waals surface area contributed by atoms with E-state index < -0.39 is 4.92 Å². The minimum Gasteiger partial charge on any atom is -0.507 e. The molecule has 0 fully saturated rings. The van der Waals surface area contributed by atoms with Crippen LogP contribution < -0.4 is 10.6 Å². The standard InChI is InChI=1S/C16H21N3O5S3/c20-14-9-26-3-1-25-2-4-27-10-15(21)18-8-12-6-13(19(23)24)5-11(7-17-14)16(12)22/h5-6,22H,1-4,7-10H2,(H,17,20)(H,18,21). The van der Waals surface area contributed by atoms with Crippen LogP contribution >= 0.6 is 35.3 Å². The van der Waals surface area contributed by atoms with Crippen LogP contribution in [0.3, 0.4) is 0 Å². The van der Waals surface area contributed by atoms with Gasteiger partial charge in [-0.25, -0.2) is 0 Å². The molecule has 27 heavy (non-hydrogen) atoms. The predicted molar refractivity (Wildman–Crippen MR) is 110 cm³/mol. The van der Waals surface area contributed by atoms with Gasteiger partial charge in [0.1, 0.15) is 5.75 Å². The third-order valence-electron chi connectivity index (χ3n) is 3.63. The number of phenolic OH excluding ortho intramolecular Hbond substituents is 1. The normalized spacial score (nSPS) is 17.9. The summed E-state index contributed by atoms with van der Waals surface area (Å²) in [5.74, 6) is 3.61. The lowest BCUT2D eigenvalue weighted by Crippen LogP contribution is -2.26. The van der Waals surface area contributed by atoms with E-state index in [0.29, 0.717) is 11.5 Å². The molecule has 0 saturated carbocycles. The third kappa shape index (κ3) is 7.51. The van der Waals surface area contributed by atoms with Crippen molar-refractivity contribution >= 4 is 52.8 Å². The van der Waals surface area contributed by atoms with Crippen molar-refractivity contribution in [1.82, 2.24) is 10.6 Å². The van der Waals surface area contributed by atoms with Crippen molar-refractivity contribution in [3.05, 3.63) is 33.4 Å². The van der Waals surface area contributed by atoms with Gasteiger partial charge in [0.15, 0.2) is 0 Å². The average molecular weight is 432 g/mol. The summed E-state index contributed by atoms with van der Waals surface area (Å²) in [4.78, 5) is 34.5. The molecular weight excluding hydrogens is 410 g/mol. The zero-order valence-corrected chi connectivity index (χ0v) is 17.0. The smallest absolute Gasteiger partial charge is 0.270 e. The number of nitro groups is 1. The van der Waals surface area contributed by atoms with Crippen molar-refractivity contribution in [2.24, 2.45) is 0 Å². The fourth-order valence-corrected chi connectivity index (χ4v) is 5.23. The van der Waals surface area contributed by atoms with Crippen LogP contribution in [0, 0.1) is 10.1 Å². The maximum Gasteiger partial charge on any atom is 0.270 e. The number of aromatic hydroxyl groups is 1. The molecule has 2 amide bonds. The first-order chi connectivity index (χ1) is 13.0. The number of rotatable bonds is 1. The zero-order chi connectivity index (χ0) is 19.6. The van der Waals surface area contributed by atoms with Gasteiger partial charge in [-0.3, -0.25) is 19.7 Å². The Hall–Kier alpha value is -1.59. The van der Waals surface area contributed by atoms with Crippen molar-refractivity contribution in [2.75, 3.05) is 34.5 Å². The van der Waals surface area contributed by atoms with Crippen molar-refractivity contribution in [3.63, 3.8) is 0 Å². The van der Waals surface area contributed by atoms with Crippen LogP contribution in [0.25, 0.3) is 0 Å². The number of carbonyl (C=O) groups is 2. The summed E-state index contributed by atoms with van der Waals surface area (Å²) >= 11 is 4.82. The molecule has 0 atom stereocenters. The van der Waals surface area contributed by atoms with Gasteiger partial charge in [0.2, 0.25) is 11.8 Å². The van der Waals surface area contributed by atoms with E-state index in [1.54, 1.807) is 11.8 Å². The van der Waals surface area contributed by atoms with Gasteiger partial charge in [0, 0.05) is 59.4 Å². The molecule has 1 aliphatic rings. The van der Waals surface area contributed by atoms with Gasteiger partial charge in [-0.1, -0.05) is 0 Å². The number of hydrogen-bond donors (Lipinski definition) is 3. The predicted octanol–water partition coefficient (Wildman–Crippen LogP) is 1.75. The maximum absolute atomic E-state index is 11.9. The molecule has 2 rings (SSSR count). The first-order valence-electron chi connectivity index (χ1n) is 8.23. The molecule has 11 heteroatoms. The summed E-state index contributed by atoms with van der Waals surface area (Å²) in [5.41, 5.74) is 0.298. The lowest BCUT2D eigenvalue weighted by atomic mass is 10.1. The molecule has 0 saturated heterocycles. The largest absolute Gasteiger partial charge is 0.507 e. The Morgan fingerprint density at radius 2 is 1.33 bits per heavy atom. The monoisotopic (exact) mass is 431 g/mol. The van der Waals surface area contributed by atoms with Crippen molar-refractivity contribution in [1.29, 1.82) is 0 Å². The van der Waals surface area contributed by atoms with Gasteiger partial charge in [-0.2, -0.15) is 35.3 Å². The van der Waals surface area contributed by atoms with Gasteiger partial charge >= 0.3 is 0 Å². The van der Waals surface area contributed by atoms with Gasteiger partial charge in [0.05, 0.1) is 16.4 Å². The van der Waals surface area contributed by atoms with Crippen LogP contribution in [0.5, 0.6) is 5.75 Å². The Balaban J connectivity index is 2.17. The molecule has 0 aliphatic carbocycles. The number of phenols is 1. The fourth-order valence-electron chi connectivity index (χ4n) is 2.27. The Kier molecular flexibility index (Phi) is 9.08. The molecule has 0 radical (unpaired) electrons. The number of non-ortho nitro benzene ring substituents is 1. The number of nitrogens with one attached hydrogen (secondary N) is 2. The number of nitrogens with zero attached hydrogens (tertiary/aromatic N) is 1. The average Bonchev–Trinajstić information content (AvgIpc) is 2.63. The van der Waals surface area contributed by atoms with Crippen LogP contribution in [0.4, 0.5) is 5.69 Å². The summed E-state index contributed by atoms with van der Waals surface area (Å²) in [6.45, 7) is -0.0308. The molecule has 1 aliphatic heterocycles. The highest BCUT2D eigenvalue weighted by Gasteiger charge is 2.17. The van der Waals surface area contributed by atoms with E-state index in [1.807, 2.05) is 0 Å². The molecule has 3 N–H and O–H groups in total. The van der Waals surface area contributed by atoms with E-state index in [2.05, 4.69) is 10.6 Å². The van der Waals surface area contributed by atoms with Crippen molar-refractivity contribution < 1.29 is 19.6 Å². The van der Waals surface area contributed by atoms with E-state index >= 15 is 0 Å². The molecule has 2 bridgehead atoms. The van der Waals surface area contributed by atoms with Crippen LogP contribution in [-0.4, -0.2) is 56.4 Å². The molecule has 1 aromatic rings. The molecule has 0 unspecified atom stereocenters. The Labute approximate surface area is 169 Å². The van der Waals surface area contributed by atoms with Crippen molar-refractivity contribution in [3.8, 4) is 5.75 Å². The molecular formula is C16H21N3O5S3. The molecule has 0 aromatic heterocycles. The van der Waals surface area contributed by atoms with Crippen LogP contribution in [0.15, 0.2) is 12.1 Å². The second-order valence-electron chi connectivity index (χ2n) is 5.64. The third-order valence-corrected chi connectivity index (χ3v) is 7.05. The minimum absolute atomic E-state index is 0.0154. The van der Waals surface area contributed by atoms with Gasteiger partial charge in [-0.15, -0.1) is 0 Å². The number of hydrogen-bond acceptors (Lipinski definition) is 8. The van der Waals surface area contributed by atoms with Gasteiger partial charge in [0.25, 0.3) is 5.69 Å². The van der Waals surface area contributed by atoms with E-state index in [4.69, 9.17) is 0 Å². The summed E-state index contributed by atoms with van der Waals surface area (Å²) in [7, 11) is 0. The molecule has 1 heterocycles. The molecule has 8 nitrogen and oxygen atoms in total. The quantitative estimate of drug-likeness (QED) is 0.454. The topological polar surface area (TPSA) is 122 Å². The van der Waals surface area contributed by atoms with E-state index in [0.717, 1.165) is 23.0 Å². The molecule has 148 valence electrons. The highest BCUT2D eigenvalue weighted by molar-refractivity contribution is 8.04. The Bertz CT molecular complexity index is 655. The van der Waals surface area contributed by atoms with Crippen LogP contribution in [0.1, 0.15) is 11.1 Å². The zero-order valence-electron chi connectivity index (χ0n) is 14.6. The first kappa shape index (κ1) is 21.7. The number of benzene rings is 1. The lowest BCUT2D eigenvalue weighted by molar-refractivity contribution is -0.385. The van der Waals surface area contributed by atoms with Crippen molar-refractivity contribution in [2.45, 2.75) is 13.1 Å². The van der Waals surface area contributed by atoms with Crippen LogP contribution in [-0.2, 0) is 22.7 Å². The maximum atomic E-state index is 11.9. The van der Waals surface area contributed by atoms with Crippen LogP contribution in [0.2, 0.25) is 0 Å².